The highest BCUT2D eigenvalue weighted by molar-refractivity contribution is 5.56. The van der Waals surface area contributed by atoms with Crippen molar-refractivity contribution in [2.24, 2.45) is 0 Å². The molecule has 0 spiro atoms. The Morgan fingerprint density at radius 2 is 2.19 bits per heavy atom. The molecule has 0 aromatic carbocycles. The zero-order valence-electron chi connectivity index (χ0n) is 11.9. The maximum atomic E-state index is 5.36. The van der Waals surface area contributed by atoms with Crippen LogP contribution in [0.1, 0.15) is 19.1 Å². The zero-order valence-corrected chi connectivity index (χ0v) is 11.9. The Morgan fingerprint density at radius 1 is 1.24 bits per heavy atom. The van der Waals surface area contributed by atoms with Crippen molar-refractivity contribution < 1.29 is 4.42 Å². The lowest BCUT2D eigenvalue weighted by atomic mass is 10.1. The van der Waals surface area contributed by atoms with E-state index in [1.54, 1.807) is 23.3 Å². The third-order valence-corrected chi connectivity index (χ3v) is 3.31. The number of anilines is 1. The summed E-state index contributed by atoms with van der Waals surface area (Å²) in [6.45, 7) is 2.16. The Kier molecular flexibility index (Phi) is 4.00. The van der Waals surface area contributed by atoms with E-state index in [0.717, 1.165) is 30.1 Å². The third kappa shape index (κ3) is 3.31. The summed E-state index contributed by atoms with van der Waals surface area (Å²) >= 11 is 0. The molecule has 5 nitrogen and oxygen atoms in total. The van der Waals surface area contributed by atoms with Crippen LogP contribution in [0.4, 0.5) is 5.69 Å². The normalized spacial score (nSPS) is 12.2. The number of furan rings is 1. The van der Waals surface area contributed by atoms with Crippen molar-refractivity contribution in [2.45, 2.75) is 25.8 Å². The van der Waals surface area contributed by atoms with Gasteiger partial charge in [0.2, 0.25) is 0 Å². The minimum absolute atomic E-state index is 0.314. The second-order valence-corrected chi connectivity index (χ2v) is 4.99. The maximum Gasteiger partial charge on any atom is 0.176 e. The molecule has 3 heterocycles. The van der Waals surface area contributed by atoms with Crippen LogP contribution < -0.4 is 5.32 Å². The number of rotatable bonds is 6. The standard InChI is InChI=1S/C16H18N4O/c1-13(7-8-14-5-3-12-21-14)19-15-6-2-9-17-16(15)20-11-4-10-18-20/h2-6,9-13,19H,7-8H2,1H3. The third-order valence-electron chi connectivity index (χ3n) is 3.31. The van der Waals surface area contributed by atoms with E-state index < -0.39 is 0 Å². The monoisotopic (exact) mass is 282 g/mol. The second-order valence-electron chi connectivity index (χ2n) is 4.99. The molecule has 5 heteroatoms. The van der Waals surface area contributed by atoms with Crippen LogP contribution in [0.5, 0.6) is 0 Å². The molecule has 0 aliphatic rings. The number of pyridine rings is 1. The van der Waals surface area contributed by atoms with E-state index in [2.05, 4.69) is 22.3 Å². The number of aromatic nitrogens is 3. The van der Waals surface area contributed by atoms with Gasteiger partial charge in [-0.25, -0.2) is 9.67 Å². The first-order valence-electron chi connectivity index (χ1n) is 7.07. The fraction of sp³-hybridized carbons (Fsp3) is 0.250. The number of nitrogens with one attached hydrogen (secondary N) is 1. The predicted molar refractivity (Wildman–Crippen MR) is 81.5 cm³/mol. The molecule has 0 radical (unpaired) electrons. The Labute approximate surface area is 123 Å². The van der Waals surface area contributed by atoms with Gasteiger partial charge in [0, 0.05) is 31.1 Å². The smallest absolute Gasteiger partial charge is 0.176 e. The van der Waals surface area contributed by atoms with Crippen molar-refractivity contribution in [3.05, 3.63) is 60.9 Å². The van der Waals surface area contributed by atoms with Gasteiger partial charge in [0.05, 0.1) is 12.0 Å². The van der Waals surface area contributed by atoms with Gasteiger partial charge in [0.1, 0.15) is 5.76 Å². The molecule has 3 aromatic rings. The van der Waals surface area contributed by atoms with Crippen molar-refractivity contribution in [1.82, 2.24) is 14.8 Å². The van der Waals surface area contributed by atoms with Crippen LogP contribution in [0.3, 0.4) is 0 Å². The average molecular weight is 282 g/mol. The lowest BCUT2D eigenvalue weighted by Crippen LogP contribution is -2.18. The van der Waals surface area contributed by atoms with Crippen molar-refractivity contribution >= 4 is 5.69 Å². The number of hydrogen-bond acceptors (Lipinski definition) is 4. The van der Waals surface area contributed by atoms with Crippen molar-refractivity contribution in [3.8, 4) is 5.82 Å². The highest BCUT2D eigenvalue weighted by Gasteiger charge is 2.09. The van der Waals surface area contributed by atoms with E-state index in [1.807, 2.05) is 36.5 Å². The molecule has 21 heavy (non-hydrogen) atoms. The van der Waals surface area contributed by atoms with E-state index in [1.165, 1.54) is 0 Å². The zero-order chi connectivity index (χ0) is 14.5. The van der Waals surface area contributed by atoms with Crippen molar-refractivity contribution in [1.29, 1.82) is 0 Å². The lowest BCUT2D eigenvalue weighted by molar-refractivity contribution is 0.495. The summed E-state index contributed by atoms with van der Waals surface area (Å²) in [4.78, 5) is 4.40. The van der Waals surface area contributed by atoms with E-state index in [0.29, 0.717) is 6.04 Å². The summed E-state index contributed by atoms with van der Waals surface area (Å²) < 4.78 is 7.13. The van der Waals surface area contributed by atoms with Gasteiger partial charge in [-0.15, -0.1) is 0 Å². The Hall–Kier alpha value is -2.56. The van der Waals surface area contributed by atoms with Crippen LogP contribution in [0.15, 0.2) is 59.6 Å². The topological polar surface area (TPSA) is 55.9 Å². The number of nitrogens with zero attached hydrogens (tertiary/aromatic N) is 3. The molecular weight excluding hydrogens is 264 g/mol. The fourth-order valence-corrected chi connectivity index (χ4v) is 2.24. The lowest BCUT2D eigenvalue weighted by Gasteiger charge is -2.17. The molecular formula is C16H18N4O. The Bertz CT molecular complexity index is 661. The van der Waals surface area contributed by atoms with Gasteiger partial charge >= 0.3 is 0 Å². The molecule has 0 aliphatic carbocycles. The molecule has 0 aliphatic heterocycles. The van der Waals surface area contributed by atoms with Crippen molar-refractivity contribution in [3.63, 3.8) is 0 Å². The SMILES string of the molecule is CC(CCc1ccco1)Nc1cccnc1-n1cccn1. The Balaban J connectivity index is 1.67. The van der Waals surface area contributed by atoms with Crippen LogP contribution in [0, 0.1) is 0 Å². The minimum atomic E-state index is 0.314. The molecule has 1 atom stereocenters. The van der Waals surface area contributed by atoms with Crippen LogP contribution in [0.2, 0.25) is 0 Å². The average Bonchev–Trinajstić information content (AvgIpc) is 3.19. The van der Waals surface area contributed by atoms with Crippen LogP contribution in [-0.2, 0) is 6.42 Å². The fourth-order valence-electron chi connectivity index (χ4n) is 2.24. The van der Waals surface area contributed by atoms with Crippen LogP contribution in [-0.4, -0.2) is 20.8 Å². The number of aryl methyl sites for hydroxylation is 1. The van der Waals surface area contributed by atoms with Gasteiger partial charge in [-0.1, -0.05) is 0 Å². The van der Waals surface area contributed by atoms with Gasteiger partial charge in [0.25, 0.3) is 0 Å². The van der Waals surface area contributed by atoms with Crippen molar-refractivity contribution in [2.75, 3.05) is 5.32 Å². The summed E-state index contributed by atoms with van der Waals surface area (Å²) in [6, 6.07) is 10.1. The van der Waals surface area contributed by atoms with Gasteiger partial charge in [-0.05, 0) is 43.7 Å². The molecule has 3 aromatic heterocycles. The van der Waals surface area contributed by atoms with E-state index in [-0.39, 0.29) is 0 Å². The highest BCUT2D eigenvalue weighted by Crippen LogP contribution is 2.18. The summed E-state index contributed by atoms with van der Waals surface area (Å²) in [7, 11) is 0. The first-order valence-corrected chi connectivity index (χ1v) is 7.07. The molecule has 108 valence electrons. The largest absolute Gasteiger partial charge is 0.469 e. The highest BCUT2D eigenvalue weighted by atomic mass is 16.3. The summed E-state index contributed by atoms with van der Waals surface area (Å²) in [5, 5.41) is 7.74. The van der Waals surface area contributed by atoms with Gasteiger partial charge in [-0.2, -0.15) is 5.10 Å². The molecule has 1 unspecified atom stereocenters. The quantitative estimate of drug-likeness (QED) is 0.753. The molecule has 0 fully saturated rings. The molecule has 0 amide bonds. The molecule has 0 bridgehead atoms. The second kappa shape index (κ2) is 6.26. The summed E-state index contributed by atoms with van der Waals surface area (Å²) in [5.74, 6) is 1.83. The van der Waals surface area contributed by atoms with E-state index in [4.69, 9.17) is 4.42 Å². The molecule has 1 N–H and O–H groups in total. The van der Waals surface area contributed by atoms with Gasteiger partial charge in [0.15, 0.2) is 5.82 Å². The van der Waals surface area contributed by atoms with Crippen LogP contribution >= 0.6 is 0 Å². The van der Waals surface area contributed by atoms with E-state index >= 15 is 0 Å². The van der Waals surface area contributed by atoms with E-state index in [9.17, 15) is 0 Å². The Morgan fingerprint density at radius 3 is 2.95 bits per heavy atom. The number of hydrogen-bond donors (Lipinski definition) is 1. The summed E-state index contributed by atoms with van der Waals surface area (Å²) in [5.41, 5.74) is 0.980. The van der Waals surface area contributed by atoms with Gasteiger partial charge in [-0.3, -0.25) is 0 Å². The predicted octanol–water partition coefficient (Wildman–Crippen LogP) is 3.29. The molecule has 3 rings (SSSR count). The minimum Gasteiger partial charge on any atom is -0.469 e. The first-order chi connectivity index (χ1) is 10.3. The molecule has 0 saturated heterocycles. The summed E-state index contributed by atoms with van der Waals surface area (Å²) in [6.07, 6.45) is 9.03. The maximum absolute atomic E-state index is 5.36. The first kappa shape index (κ1) is 13.4. The van der Waals surface area contributed by atoms with Gasteiger partial charge < -0.3 is 9.73 Å². The van der Waals surface area contributed by atoms with Crippen LogP contribution in [0.25, 0.3) is 5.82 Å². The molecule has 0 saturated carbocycles.